The number of ether oxygens (including phenoxy) is 1. The molecular weight excluding hydrogens is 741 g/mol. The number of carbonyl (C=O) groups excluding carboxylic acids is 3. The number of hydrogen-bond acceptors (Lipinski definition) is 9. The highest BCUT2D eigenvalue weighted by Crippen LogP contribution is 2.36. The summed E-state index contributed by atoms with van der Waals surface area (Å²) >= 11 is 0. The molecule has 0 aromatic heterocycles. The Kier molecular flexibility index (Phi) is 12.8. The van der Waals surface area contributed by atoms with Crippen molar-refractivity contribution in [3.05, 3.63) is 125 Å². The summed E-state index contributed by atoms with van der Waals surface area (Å²) < 4.78 is 11.4. The molecule has 4 aromatic carbocycles. The SMILES string of the molecule is CC/C(=C(/c1ccc(O[B]O)cc1)c1ccc(OCCN2CCN(CC3CCN(c4ccc5c(c4)CN(C4CCC(=O)NC4=O)C5=O)CC3)CC2)cc1)c1ccccc1. The molecule has 59 heavy (non-hydrogen) atoms. The molecule has 1 atom stereocenters. The summed E-state index contributed by atoms with van der Waals surface area (Å²) in [5.74, 6) is 1.33. The zero-order chi connectivity index (χ0) is 40.7. The second kappa shape index (κ2) is 18.7. The molecule has 1 radical (unpaired) electrons. The third kappa shape index (κ3) is 9.41. The summed E-state index contributed by atoms with van der Waals surface area (Å²) in [5.41, 5.74) is 8.55. The molecule has 2 N–H and O–H groups in total. The molecule has 4 aliphatic heterocycles. The maximum absolute atomic E-state index is 13.1. The third-order valence-electron chi connectivity index (χ3n) is 12.4. The molecule has 0 aliphatic carbocycles. The van der Waals surface area contributed by atoms with Gasteiger partial charge in [-0.3, -0.25) is 24.6 Å². The van der Waals surface area contributed by atoms with Crippen LogP contribution in [0.5, 0.6) is 11.5 Å². The van der Waals surface area contributed by atoms with Crippen molar-refractivity contribution in [3.63, 3.8) is 0 Å². The number of piperidine rings is 2. The van der Waals surface area contributed by atoms with E-state index in [1.165, 1.54) is 11.1 Å². The van der Waals surface area contributed by atoms with Crippen LogP contribution in [0.25, 0.3) is 11.1 Å². The number of benzene rings is 4. The van der Waals surface area contributed by atoms with Gasteiger partial charge in [-0.05, 0) is 107 Å². The Hall–Kier alpha value is -5.43. The number of amides is 3. The maximum Gasteiger partial charge on any atom is 0.569 e. The molecule has 1 unspecified atom stereocenters. The van der Waals surface area contributed by atoms with Crippen molar-refractivity contribution in [1.29, 1.82) is 0 Å². The molecule has 0 bridgehead atoms. The number of rotatable bonds is 14. The first-order valence-corrected chi connectivity index (χ1v) is 21.1. The molecule has 4 aromatic rings. The predicted octanol–water partition coefficient (Wildman–Crippen LogP) is 5.64. The van der Waals surface area contributed by atoms with E-state index in [1.54, 1.807) is 4.90 Å². The smallest absolute Gasteiger partial charge is 0.537 e. The van der Waals surface area contributed by atoms with E-state index in [4.69, 9.17) is 14.4 Å². The lowest BCUT2D eigenvalue weighted by atomic mass is 9.88. The van der Waals surface area contributed by atoms with Gasteiger partial charge in [0.05, 0.1) is 0 Å². The average Bonchev–Trinajstić information content (AvgIpc) is 3.59. The summed E-state index contributed by atoms with van der Waals surface area (Å²) in [7, 11) is 0.700. The van der Waals surface area contributed by atoms with Crippen LogP contribution < -0.4 is 19.6 Å². The Morgan fingerprint density at radius 2 is 1.46 bits per heavy atom. The van der Waals surface area contributed by atoms with Crippen LogP contribution in [-0.2, 0) is 16.1 Å². The van der Waals surface area contributed by atoms with Crippen molar-refractivity contribution >= 4 is 42.2 Å². The minimum Gasteiger partial charge on any atom is -0.537 e. The average molecular weight is 795 g/mol. The zero-order valence-electron chi connectivity index (χ0n) is 33.9. The second-order valence-corrected chi connectivity index (χ2v) is 16.0. The van der Waals surface area contributed by atoms with Gasteiger partial charge in [0.15, 0.2) is 0 Å². The van der Waals surface area contributed by atoms with Crippen molar-refractivity contribution in [2.45, 2.75) is 51.6 Å². The lowest BCUT2D eigenvalue weighted by Crippen LogP contribution is -2.52. The first-order valence-electron chi connectivity index (χ1n) is 21.1. The van der Waals surface area contributed by atoms with Crippen molar-refractivity contribution in [2.24, 2.45) is 5.92 Å². The number of piperazine rings is 1. The molecule has 3 saturated heterocycles. The van der Waals surface area contributed by atoms with E-state index >= 15 is 0 Å². The molecule has 12 heteroatoms. The minimum absolute atomic E-state index is 0.125. The highest BCUT2D eigenvalue weighted by molar-refractivity contribution is 6.17. The molecule has 11 nitrogen and oxygen atoms in total. The van der Waals surface area contributed by atoms with E-state index in [9.17, 15) is 14.4 Å². The van der Waals surface area contributed by atoms with Crippen LogP contribution >= 0.6 is 0 Å². The molecule has 0 saturated carbocycles. The standard InChI is InChI=1S/C47H53BN5O6/c1-2-41(34-6-4-3-5-7-34)45(36-10-15-40(16-11-36)59-48-57)35-8-13-39(14-9-35)58-29-28-50-24-26-51(27-25-50)31-33-20-22-52(23-21-33)38-12-17-42-37(30-38)32-53(47(42)56)43-18-19-44(54)49-46(43)55/h3-17,30,33,43,57H,2,18-29,31-32H2,1H3,(H,49,54,55)/b45-41-. The van der Waals surface area contributed by atoms with E-state index in [1.807, 2.05) is 42.5 Å². The van der Waals surface area contributed by atoms with Crippen LogP contribution in [0.2, 0.25) is 0 Å². The van der Waals surface area contributed by atoms with E-state index in [0.29, 0.717) is 44.5 Å². The highest BCUT2D eigenvalue weighted by atomic mass is 16.5. The number of imide groups is 1. The number of allylic oxidation sites excluding steroid dienone is 1. The van der Waals surface area contributed by atoms with Gasteiger partial charge < -0.3 is 29.1 Å². The van der Waals surface area contributed by atoms with Crippen molar-refractivity contribution in [1.82, 2.24) is 20.0 Å². The molecule has 4 heterocycles. The molecule has 8 rings (SSSR count). The summed E-state index contributed by atoms with van der Waals surface area (Å²) in [6.07, 6.45) is 3.78. The van der Waals surface area contributed by atoms with Crippen molar-refractivity contribution in [2.75, 3.05) is 63.9 Å². The van der Waals surface area contributed by atoms with Gasteiger partial charge in [0.2, 0.25) is 11.8 Å². The maximum atomic E-state index is 13.1. The van der Waals surface area contributed by atoms with E-state index < -0.39 is 6.04 Å². The summed E-state index contributed by atoms with van der Waals surface area (Å²) in [4.78, 5) is 46.4. The quantitative estimate of drug-likeness (QED) is 0.0953. The van der Waals surface area contributed by atoms with E-state index in [0.717, 1.165) is 105 Å². The summed E-state index contributed by atoms with van der Waals surface area (Å²) in [6.45, 7) is 11.5. The second-order valence-electron chi connectivity index (χ2n) is 16.0. The molecule has 305 valence electrons. The Labute approximate surface area is 347 Å². The largest absolute Gasteiger partial charge is 0.569 e. The first-order chi connectivity index (χ1) is 28.9. The monoisotopic (exact) mass is 794 g/mol. The fraction of sp³-hybridized carbons (Fsp3) is 0.383. The molecular formula is C47H53BN5O6. The molecule has 3 amide bonds. The lowest BCUT2D eigenvalue weighted by Gasteiger charge is -2.39. The Morgan fingerprint density at radius 3 is 2.12 bits per heavy atom. The van der Waals surface area contributed by atoms with Gasteiger partial charge in [0.25, 0.3) is 5.91 Å². The van der Waals surface area contributed by atoms with Crippen LogP contribution in [0, 0.1) is 5.92 Å². The summed E-state index contributed by atoms with van der Waals surface area (Å²) in [6, 6.07) is 32.2. The normalized spacial score (nSPS) is 19.6. The van der Waals surface area contributed by atoms with E-state index in [-0.39, 0.29) is 24.1 Å². The Balaban J connectivity index is 0.783. The fourth-order valence-corrected chi connectivity index (χ4v) is 9.14. The van der Waals surface area contributed by atoms with Gasteiger partial charge >= 0.3 is 7.69 Å². The number of nitrogens with one attached hydrogen (secondary N) is 1. The van der Waals surface area contributed by atoms with Gasteiger partial charge in [-0.15, -0.1) is 0 Å². The Bertz CT molecular complexity index is 2130. The van der Waals surface area contributed by atoms with Crippen LogP contribution in [0.4, 0.5) is 5.69 Å². The topological polar surface area (TPSA) is 115 Å². The zero-order valence-corrected chi connectivity index (χ0v) is 33.9. The molecule has 3 fully saturated rings. The summed E-state index contributed by atoms with van der Waals surface area (Å²) in [5, 5.41) is 11.5. The molecule has 4 aliphatic rings. The van der Waals surface area contributed by atoms with Gasteiger partial charge in [0, 0.05) is 76.6 Å². The number of hydrogen-bond donors (Lipinski definition) is 2. The number of nitrogens with zero attached hydrogens (tertiary/aromatic N) is 4. The van der Waals surface area contributed by atoms with Crippen LogP contribution in [-0.4, -0.2) is 110 Å². The minimum atomic E-state index is -0.589. The first kappa shape index (κ1) is 40.4. The molecule has 0 spiro atoms. The van der Waals surface area contributed by atoms with Crippen LogP contribution in [0.15, 0.2) is 97.1 Å². The Morgan fingerprint density at radius 1 is 0.780 bits per heavy atom. The van der Waals surface area contributed by atoms with Crippen molar-refractivity contribution < 1.29 is 28.8 Å². The lowest BCUT2D eigenvalue weighted by molar-refractivity contribution is -0.136. The van der Waals surface area contributed by atoms with Gasteiger partial charge in [-0.25, -0.2) is 0 Å². The van der Waals surface area contributed by atoms with E-state index in [2.05, 4.69) is 81.5 Å². The predicted molar refractivity (Wildman–Crippen MR) is 230 cm³/mol. The van der Waals surface area contributed by atoms with Gasteiger partial charge in [-0.1, -0.05) is 61.5 Å². The number of anilines is 1. The highest BCUT2D eigenvalue weighted by Gasteiger charge is 2.39. The number of carbonyl (C=O) groups is 3. The van der Waals surface area contributed by atoms with Gasteiger partial charge in [-0.2, -0.15) is 0 Å². The number of fused-ring (bicyclic) bond motifs is 1. The van der Waals surface area contributed by atoms with Crippen LogP contribution in [0.3, 0.4) is 0 Å². The fourth-order valence-electron chi connectivity index (χ4n) is 9.14. The van der Waals surface area contributed by atoms with Gasteiger partial charge in [0.1, 0.15) is 24.1 Å². The van der Waals surface area contributed by atoms with Crippen molar-refractivity contribution in [3.8, 4) is 11.5 Å². The van der Waals surface area contributed by atoms with Crippen LogP contribution in [0.1, 0.15) is 71.6 Å². The third-order valence-corrected chi connectivity index (χ3v) is 12.4.